The van der Waals surface area contributed by atoms with Crippen LogP contribution in [0, 0.1) is 0 Å². The molecule has 1 saturated heterocycles. The predicted molar refractivity (Wildman–Crippen MR) is 119 cm³/mol. The van der Waals surface area contributed by atoms with Crippen molar-refractivity contribution in [1.29, 1.82) is 0 Å². The third-order valence-corrected chi connectivity index (χ3v) is 6.80. The summed E-state index contributed by atoms with van der Waals surface area (Å²) in [5.41, 5.74) is 7.04. The molecule has 0 atom stereocenters. The molecule has 0 radical (unpaired) electrons. The Morgan fingerprint density at radius 3 is 2.66 bits per heavy atom. The van der Waals surface area contributed by atoms with Gasteiger partial charge >= 0.3 is 12.1 Å². The number of carbonyl (C=O) groups excluding carboxylic acids is 1. The fraction of sp³-hybridized carbons (Fsp3) is 0.409. The van der Waals surface area contributed by atoms with E-state index in [1.54, 1.807) is 18.2 Å². The van der Waals surface area contributed by atoms with Crippen molar-refractivity contribution in [3.8, 4) is 0 Å². The van der Waals surface area contributed by atoms with Gasteiger partial charge in [0.2, 0.25) is 0 Å². The summed E-state index contributed by atoms with van der Waals surface area (Å²) in [7, 11) is 1.29. The first-order valence-corrected chi connectivity index (χ1v) is 11.2. The van der Waals surface area contributed by atoms with Crippen molar-refractivity contribution in [2.24, 2.45) is 5.73 Å². The second kappa shape index (κ2) is 9.21. The van der Waals surface area contributed by atoms with E-state index < -0.39 is 17.7 Å². The minimum Gasteiger partial charge on any atom is -0.465 e. The topological polar surface area (TPSA) is 79.6 Å². The number of nitrogens with two attached hydrogens (primary N) is 1. The van der Waals surface area contributed by atoms with Crippen molar-refractivity contribution in [1.82, 2.24) is 4.90 Å². The van der Waals surface area contributed by atoms with Gasteiger partial charge in [0, 0.05) is 42.0 Å². The first kappa shape index (κ1) is 22.8. The largest absolute Gasteiger partial charge is 0.465 e. The maximum Gasteiger partial charge on any atom is 0.416 e. The average Bonchev–Trinajstić information content (AvgIpc) is 2.77. The number of nitrogens with one attached hydrogen (secondary N) is 2. The molecule has 0 unspecified atom stereocenters. The number of likely N-dealkylation sites (tertiary alicyclic amines) is 1. The monoisotopic (exact) mass is 466 g/mol. The number of rotatable bonds is 5. The fourth-order valence-corrected chi connectivity index (χ4v) is 5.11. The predicted octanol–water partition coefficient (Wildman–Crippen LogP) is 4.54. The molecule has 2 aromatic carbocycles. The molecular formula is C22H25F3N4O2S. The number of benzene rings is 2. The Balaban J connectivity index is 1.63. The number of piperidine rings is 1. The highest BCUT2D eigenvalue weighted by Crippen LogP contribution is 2.50. The van der Waals surface area contributed by atoms with Gasteiger partial charge in [0.15, 0.2) is 0 Å². The van der Waals surface area contributed by atoms with E-state index in [2.05, 4.69) is 15.5 Å². The molecule has 10 heteroatoms. The van der Waals surface area contributed by atoms with Gasteiger partial charge in [-0.05, 0) is 43.2 Å². The van der Waals surface area contributed by atoms with Crippen molar-refractivity contribution in [3.05, 3.63) is 41.5 Å². The molecule has 0 aromatic heterocycles. The third-order valence-electron chi connectivity index (χ3n) is 5.70. The van der Waals surface area contributed by atoms with Crippen LogP contribution >= 0.6 is 11.8 Å². The lowest BCUT2D eigenvalue weighted by Gasteiger charge is -2.34. The number of halogens is 3. The van der Waals surface area contributed by atoms with Crippen LogP contribution < -0.4 is 16.4 Å². The third kappa shape index (κ3) is 4.82. The molecule has 6 nitrogen and oxygen atoms in total. The summed E-state index contributed by atoms with van der Waals surface area (Å²) in [6, 6.07) is 7.40. The van der Waals surface area contributed by atoms with Crippen LogP contribution in [-0.4, -0.2) is 50.2 Å². The molecule has 0 amide bonds. The van der Waals surface area contributed by atoms with Gasteiger partial charge in [0.1, 0.15) is 0 Å². The maximum absolute atomic E-state index is 13.6. The molecule has 2 aromatic rings. The van der Waals surface area contributed by atoms with Crippen LogP contribution in [0.1, 0.15) is 28.8 Å². The van der Waals surface area contributed by atoms with Crippen molar-refractivity contribution in [2.45, 2.75) is 34.9 Å². The van der Waals surface area contributed by atoms with Gasteiger partial charge in [0.05, 0.1) is 35.3 Å². The quantitative estimate of drug-likeness (QED) is 0.477. The minimum atomic E-state index is -4.47. The highest BCUT2D eigenvalue weighted by molar-refractivity contribution is 7.99. The molecule has 0 aliphatic carbocycles. The van der Waals surface area contributed by atoms with Crippen LogP contribution in [0.3, 0.4) is 0 Å². The van der Waals surface area contributed by atoms with Gasteiger partial charge in [-0.2, -0.15) is 13.2 Å². The van der Waals surface area contributed by atoms with Crippen LogP contribution in [0.25, 0.3) is 0 Å². The molecular weight excluding hydrogens is 441 g/mol. The second-order valence-electron chi connectivity index (χ2n) is 7.87. The van der Waals surface area contributed by atoms with E-state index >= 15 is 0 Å². The lowest BCUT2D eigenvalue weighted by Crippen LogP contribution is -2.41. The minimum absolute atomic E-state index is 0.0755. The molecule has 2 aliphatic heterocycles. The van der Waals surface area contributed by atoms with Crippen molar-refractivity contribution in [3.63, 3.8) is 0 Å². The van der Waals surface area contributed by atoms with Crippen molar-refractivity contribution >= 4 is 34.8 Å². The summed E-state index contributed by atoms with van der Waals surface area (Å²) < 4.78 is 45.6. The lowest BCUT2D eigenvalue weighted by molar-refractivity contribution is -0.137. The van der Waals surface area contributed by atoms with Gasteiger partial charge in [-0.1, -0.05) is 11.8 Å². The Labute approximate surface area is 188 Å². The zero-order chi connectivity index (χ0) is 22.9. The van der Waals surface area contributed by atoms with E-state index in [0.29, 0.717) is 33.3 Å². The zero-order valence-electron chi connectivity index (χ0n) is 17.6. The Bertz CT molecular complexity index is 1010. The Hall–Kier alpha value is -2.43. The number of alkyl halides is 3. The summed E-state index contributed by atoms with van der Waals surface area (Å²) in [5.74, 6) is -0.494. The van der Waals surface area contributed by atoms with Gasteiger partial charge in [0.25, 0.3) is 0 Å². The molecule has 2 aliphatic rings. The zero-order valence-corrected chi connectivity index (χ0v) is 18.4. The summed E-state index contributed by atoms with van der Waals surface area (Å²) in [6.07, 6.45) is -2.81. The Kier molecular flexibility index (Phi) is 6.55. The van der Waals surface area contributed by atoms with E-state index in [4.69, 9.17) is 10.5 Å². The summed E-state index contributed by atoms with van der Waals surface area (Å²) in [6.45, 7) is 3.14. The van der Waals surface area contributed by atoms with E-state index in [1.165, 1.54) is 24.9 Å². The molecule has 32 heavy (non-hydrogen) atoms. The summed E-state index contributed by atoms with van der Waals surface area (Å²) in [5, 5.41) is 6.61. The molecule has 4 rings (SSSR count). The summed E-state index contributed by atoms with van der Waals surface area (Å²) in [4.78, 5) is 15.2. The van der Waals surface area contributed by atoms with Gasteiger partial charge in [-0.3, -0.25) is 0 Å². The molecule has 0 bridgehead atoms. The van der Waals surface area contributed by atoms with Crippen LogP contribution in [0.4, 0.5) is 30.2 Å². The van der Waals surface area contributed by atoms with Crippen molar-refractivity contribution in [2.75, 3.05) is 43.9 Å². The molecule has 172 valence electrons. The van der Waals surface area contributed by atoms with Crippen LogP contribution in [0.2, 0.25) is 0 Å². The fourth-order valence-electron chi connectivity index (χ4n) is 4.01. The Morgan fingerprint density at radius 2 is 2.00 bits per heavy atom. The Morgan fingerprint density at radius 1 is 1.25 bits per heavy atom. The normalized spacial score (nSPS) is 16.7. The highest BCUT2D eigenvalue weighted by atomic mass is 32.2. The van der Waals surface area contributed by atoms with Crippen LogP contribution in [0.5, 0.6) is 0 Å². The number of hydrogen-bond acceptors (Lipinski definition) is 7. The van der Waals surface area contributed by atoms with E-state index in [0.717, 1.165) is 44.2 Å². The second-order valence-corrected chi connectivity index (χ2v) is 8.96. The number of hydrogen-bond donors (Lipinski definition) is 3. The number of methoxy groups -OCH3 is 1. The molecule has 2 heterocycles. The van der Waals surface area contributed by atoms with Crippen LogP contribution in [-0.2, 0) is 10.9 Å². The van der Waals surface area contributed by atoms with E-state index in [-0.39, 0.29) is 6.04 Å². The van der Waals surface area contributed by atoms with Crippen molar-refractivity contribution < 1.29 is 22.7 Å². The SMILES string of the molecule is COC(=O)c1ccc2c(c1)Sc1cc(C(F)(F)F)cc(NC3CCN(CCN)CC3)c1N2. The lowest BCUT2D eigenvalue weighted by atomic mass is 10.0. The number of carbonyl (C=O) groups is 1. The first-order chi connectivity index (χ1) is 15.3. The standard InChI is InChI=1S/C22H25F3N4O2S/c1-31-21(30)13-2-3-16-18(10-13)32-19-12-14(22(23,24)25)11-17(20(19)28-16)27-15-4-7-29(8-5-15)9-6-26/h2-3,10-12,15,27-28H,4-9,26H2,1H3. The highest BCUT2D eigenvalue weighted by Gasteiger charge is 2.34. The molecule has 4 N–H and O–H groups in total. The van der Waals surface area contributed by atoms with Gasteiger partial charge in [-0.15, -0.1) is 0 Å². The average molecular weight is 467 g/mol. The number of fused-ring (bicyclic) bond motifs is 2. The maximum atomic E-state index is 13.6. The first-order valence-electron chi connectivity index (χ1n) is 10.4. The number of nitrogens with zero attached hydrogens (tertiary/aromatic N) is 1. The number of esters is 1. The van der Waals surface area contributed by atoms with Gasteiger partial charge < -0.3 is 26.0 Å². The number of anilines is 3. The molecule has 1 fully saturated rings. The number of ether oxygens (including phenoxy) is 1. The van der Waals surface area contributed by atoms with E-state index in [9.17, 15) is 18.0 Å². The molecule has 0 saturated carbocycles. The van der Waals surface area contributed by atoms with Gasteiger partial charge in [-0.25, -0.2) is 4.79 Å². The van der Waals surface area contributed by atoms with Crippen LogP contribution in [0.15, 0.2) is 40.1 Å². The van der Waals surface area contributed by atoms with E-state index in [1.807, 2.05) is 0 Å². The molecule has 0 spiro atoms. The summed E-state index contributed by atoms with van der Waals surface area (Å²) >= 11 is 1.21. The smallest absolute Gasteiger partial charge is 0.416 e.